The molecule has 0 aromatic rings. The van der Waals surface area contributed by atoms with Crippen molar-refractivity contribution in [1.82, 2.24) is 0 Å². The molecule has 22 heavy (non-hydrogen) atoms. The van der Waals surface area contributed by atoms with E-state index in [1.807, 2.05) is 0 Å². The van der Waals surface area contributed by atoms with E-state index in [1.165, 1.54) is 37.7 Å². The Hall–Kier alpha value is -0.340. The van der Waals surface area contributed by atoms with Crippen LogP contribution in [-0.2, 0) is 9.47 Å². The fourth-order valence-electron chi connectivity index (χ4n) is 4.13. The van der Waals surface area contributed by atoms with Gasteiger partial charge in [0.15, 0.2) is 6.29 Å². The van der Waals surface area contributed by atoms with E-state index in [1.54, 1.807) is 0 Å². The first-order valence-electron chi connectivity index (χ1n) is 9.24. The standard InChI is InChI=1S/C20H36O2/c1-14(2)8-7-9-15(3)13-19-21-18-12-16(4)10-11-17(18)20(5,6)22-19/h8,15-19H,7,9-13H2,1-6H3/t15-,16-,17-,18+,19+/m0/s1. The molecule has 0 aromatic heterocycles. The summed E-state index contributed by atoms with van der Waals surface area (Å²) in [5.74, 6) is 2.01. The van der Waals surface area contributed by atoms with Gasteiger partial charge in [0.05, 0.1) is 11.7 Å². The summed E-state index contributed by atoms with van der Waals surface area (Å²) in [6.45, 7) is 13.6. The summed E-state index contributed by atoms with van der Waals surface area (Å²) >= 11 is 0. The molecule has 2 rings (SSSR count). The normalized spacial score (nSPS) is 35.5. The van der Waals surface area contributed by atoms with E-state index in [9.17, 15) is 0 Å². The zero-order valence-corrected chi connectivity index (χ0v) is 15.5. The van der Waals surface area contributed by atoms with Gasteiger partial charge < -0.3 is 9.47 Å². The summed E-state index contributed by atoms with van der Waals surface area (Å²) in [5.41, 5.74) is 1.38. The Kier molecular flexibility index (Phi) is 6.13. The highest BCUT2D eigenvalue weighted by molar-refractivity contribution is 4.94. The molecule has 0 aromatic carbocycles. The molecular formula is C20H36O2. The molecule has 2 fully saturated rings. The molecule has 128 valence electrons. The van der Waals surface area contributed by atoms with Crippen LogP contribution in [-0.4, -0.2) is 18.0 Å². The SMILES string of the molecule is CC(C)=CCC[C@H](C)C[C@@H]1O[C@@H]2C[C@@H](C)CC[C@@H]2C(C)(C)O1. The van der Waals surface area contributed by atoms with Gasteiger partial charge in [-0.3, -0.25) is 0 Å². The van der Waals surface area contributed by atoms with Gasteiger partial charge in [-0.05, 0) is 65.2 Å². The highest BCUT2D eigenvalue weighted by Crippen LogP contribution is 2.44. The highest BCUT2D eigenvalue weighted by atomic mass is 16.7. The maximum atomic E-state index is 6.36. The predicted molar refractivity (Wildman–Crippen MR) is 92.8 cm³/mol. The van der Waals surface area contributed by atoms with Gasteiger partial charge in [0.2, 0.25) is 0 Å². The van der Waals surface area contributed by atoms with Gasteiger partial charge >= 0.3 is 0 Å². The van der Waals surface area contributed by atoms with Crippen molar-refractivity contribution in [3.05, 3.63) is 11.6 Å². The summed E-state index contributed by atoms with van der Waals surface area (Å²) in [5, 5.41) is 0. The Labute approximate surface area is 137 Å². The largest absolute Gasteiger partial charge is 0.349 e. The smallest absolute Gasteiger partial charge is 0.158 e. The minimum atomic E-state index is -0.0344. The average Bonchev–Trinajstić information content (AvgIpc) is 2.36. The second-order valence-corrected chi connectivity index (χ2v) is 8.55. The third-order valence-corrected chi connectivity index (χ3v) is 5.52. The van der Waals surface area contributed by atoms with Gasteiger partial charge in [-0.2, -0.15) is 0 Å². The molecule has 1 aliphatic carbocycles. The van der Waals surface area contributed by atoms with Gasteiger partial charge in [-0.1, -0.05) is 31.9 Å². The van der Waals surface area contributed by atoms with Crippen LogP contribution in [0.25, 0.3) is 0 Å². The number of hydrogen-bond acceptors (Lipinski definition) is 2. The van der Waals surface area contributed by atoms with Crippen molar-refractivity contribution in [2.75, 3.05) is 0 Å². The van der Waals surface area contributed by atoms with Crippen molar-refractivity contribution in [3.8, 4) is 0 Å². The second-order valence-electron chi connectivity index (χ2n) is 8.55. The van der Waals surface area contributed by atoms with Crippen molar-refractivity contribution >= 4 is 0 Å². The minimum Gasteiger partial charge on any atom is -0.349 e. The van der Waals surface area contributed by atoms with Crippen molar-refractivity contribution < 1.29 is 9.47 Å². The van der Waals surface area contributed by atoms with Gasteiger partial charge in [0.25, 0.3) is 0 Å². The Morgan fingerprint density at radius 3 is 2.68 bits per heavy atom. The van der Waals surface area contributed by atoms with Gasteiger partial charge in [-0.25, -0.2) is 0 Å². The molecule has 5 atom stereocenters. The van der Waals surface area contributed by atoms with E-state index < -0.39 is 0 Å². The van der Waals surface area contributed by atoms with Gasteiger partial charge in [0.1, 0.15) is 0 Å². The number of allylic oxidation sites excluding steroid dienone is 2. The van der Waals surface area contributed by atoms with Crippen molar-refractivity contribution in [2.45, 2.75) is 98.1 Å². The Balaban J connectivity index is 1.88. The van der Waals surface area contributed by atoms with E-state index in [-0.39, 0.29) is 11.9 Å². The molecule has 2 nitrogen and oxygen atoms in total. The van der Waals surface area contributed by atoms with E-state index in [4.69, 9.17) is 9.47 Å². The maximum Gasteiger partial charge on any atom is 0.158 e. The van der Waals surface area contributed by atoms with Crippen LogP contribution < -0.4 is 0 Å². The van der Waals surface area contributed by atoms with Crippen LogP contribution in [0, 0.1) is 17.8 Å². The molecule has 1 saturated heterocycles. The van der Waals surface area contributed by atoms with Crippen LogP contribution in [0.5, 0.6) is 0 Å². The molecule has 1 heterocycles. The van der Waals surface area contributed by atoms with Crippen LogP contribution in [0.3, 0.4) is 0 Å². The third-order valence-electron chi connectivity index (χ3n) is 5.52. The molecule has 1 saturated carbocycles. The maximum absolute atomic E-state index is 6.36. The summed E-state index contributed by atoms with van der Waals surface area (Å²) in [7, 11) is 0. The quantitative estimate of drug-likeness (QED) is 0.605. The fraction of sp³-hybridized carbons (Fsp3) is 0.900. The van der Waals surface area contributed by atoms with E-state index >= 15 is 0 Å². The van der Waals surface area contributed by atoms with Crippen LogP contribution >= 0.6 is 0 Å². The van der Waals surface area contributed by atoms with Gasteiger partial charge in [0, 0.05) is 12.3 Å². The predicted octanol–water partition coefficient (Wildman–Crippen LogP) is 5.72. The van der Waals surface area contributed by atoms with E-state index in [2.05, 4.69) is 47.6 Å². The summed E-state index contributed by atoms with van der Waals surface area (Å²) in [6.07, 6.45) is 9.93. The van der Waals surface area contributed by atoms with Crippen LogP contribution in [0.2, 0.25) is 0 Å². The lowest BCUT2D eigenvalue weighted by Gasteiger charge is -2.50. The Morgan fingerprint density at radius 1 is 1.27 bits per heavy atom. The molecule has 0 radical (unpaired) electrons. The summed E-state index contributed by atoms with van der Waals surface area (Å²) in [4.78, 5) is 0. The summed E-state index contributed by atoms with van der Waals surface area (Å²) < 4.78 is 12.7. The minimum absolute atomic E-state index is 0.0109. The zero-order chi connectivity index (χ0) is 16.3. The molecule has 0 amide bonds. The van der Waals surface area contributed by atoms with Gasteiger partial charge in [-0.15, -0.1) is 0 Å². The molecule has 0 N–H and O–H groups in total. The van der Waals surface area contributed by atoms with E-state index in [0.29, 0.717) is 17.9 Å². The third kappa shape index (κ3) is 4.83. The molecule has 0 unspecified atom stereocenters. The zero-order valence-electron chi connectivity index (χ0n) is 15.5. The molecule has 2 heteroatoms. The number of fused-ring (bicyclic) bond motifs is 1. The lowest BCUT2D eigenvalue weighted by Crippen LogP contribution is -2.54. The first-order valence-corrected chi connectivity index (χ1v) is 9.24. The molecule has 1 aliphatic heterocycles. The summed E-state index contributed by atoms with van der Waals surface area (Å²) in [6, 6.07) is 0. The molecule has 0 bridgehead atoms. The lowest BCUT2D eigenvalue weighted by molar-refractivity contribution is -0.312. The van der Waals surface area contributed by atoms with Crippen molar-refractivity contribution in [1.29, 1.82) is 0 Å². The van der Waals surface area contributed by atoms with Crippen molar-refractivity contribution in [3.63, 3.8) is 0 Å². The Morgan fingerprint density at radius 2 is 2.00 bits per heavy atom. The molecule has 0 spiro atoms. The number of ether oxygens (including phenoxy) is 2. The second kappa shape index (κ2) is 7.49. The molecular weight excluding hydrogens is 272 g/mol. The first-order chi connectivity index (χ1) is 10.3. The van der Waals surface area contributed by atoms with Crippen LogP contribution in [0.4, 0.5) is 0 Å². The Bertz CT molecular complexity index is 381. The highest BCUT2D eigenvalue weighted by Gasteiger charge is 2.46. The lowest BCUT2D eigenvalue weighted by atomic mass is 9.72. The number of hydrogen-bond donors (Lipinski definition) is 0. The average molecular weight is 309 g/mol. The van der Waals surface area contributed by atoms with Crippen LogP contribution in [0.1, 0.15) is 80.1 Å². The van der Waals surface area contributed by atoms with E-state index in [0.717, 1.165) is 12.3 Å². The van der Waals surface area contributed by atoms with Crippen molar-refractivity contribution in [2.24, 2.45) is 17.8 Å². The fourth-order valence-corrected chi connectivity index (χ4v) is 4.13. The first kappa shape index (κ1) is 18.0. The van der Waals surface area contributed by atoms with Crippen LogP contribution in [0.15, 0.2) is 11.6 Å². The topological polar surface area (TPSA) is 18.5 Å². The monoisotopic (exact) mass is 308 g/mol. The number of rotatable bonds is 5. The molecule has 2 aliphatic rings.